The minimum atomic E-state index is -1.04. The van der Waals surface area contributed by atoms with Crippen molar-refractivity contribution in [2.24, 2.45) is 0 Å². The van der Waals surface area contributed by atoms with Crippen LogP contribution in [0.15, 0.2) is 18.2 Å². The quantitative estimate of drug-likeness (QED) is 0.735. The largest absolute Gasteiger partial charge is 0.477 e. The summed E-state index contributed by atoms with van der Waals surface area (Å²) in [5.41, 5.74) is 0.483. The van der Waals surface area contributed by atoms with E-state index in [0.717, 1.165) is 17.8 Å². The number of aliphatic hydroxyl groups is 1. The molecule has 1 heterocycles. The van der Waals surface area contributed by atoms with E-state index in [9.17, 15) is 14.3 Å². The van der Waals surface area contributed by atoms with E-state index in [0.29, 0.717) is 22.1 Å². The molecule has 1 aromatic carbocycles. The second-order valence-electron chi connectivity index (χ2n) is 4.83. The van der Waals surface area contributed by atoms with Gasteiger partial charge in [0, 0.05) is 34.8 Å². The number of carboxylic acid groups (broad SMARTS) is 1. The van der Waals surface area contributed by atoms with Crippen molar-refractivity contribution < 1.29 is 19.4 Å². The SMILES string of the molecule is CCC(CCO)NCc1c(C(=O)O)sc2cccc(F)c12. The molecule has 1 aromatic heterocycles. The van der Waals surface area contributed by atoms with E-state index in [1.807, 2.05) is 6.92 Å². The molecule has 0 aliphatic heterocycles. The van der Waals surface area contributed by atoms with Gasteiger partial charge in [-0.1, -0.05) is 13.0 Å². The van der Waals surface area contributed by atoms with Crippen LogP contribution in [0, 0.1) is 5.82 Å². The minimum Gasteiger partial charge on any atom is -0.477 e. The molecule has 0 bridgehead atoms. The third-order valence-electron chi connectivity index (χ3n) is 3.50. The molecule has 0 aliphatic carbocycles. The van der Waals surface area contributed by atoms with Crippen molar-refractivity contribution in [3.05, 3.63) is 34.5 Å². The van der Waals surface area contributed by atoms with Crippen LogP contribution in [0.3, 0.4) is 0 Å². The number of rotatable bonds is 7. The van der Waals surface area contributed by atoms with Gasteiger partial charge in [-0.05, 0) is 25.0 Å². The normalized spacial score (nSPS) is 12.7. The minimum absolute atomic E-state index is 0.0655. The van der Waals surface area contributed by atoms with Crippen molar-refractivity contribution in [3.8, 4) is 0 Å². The van der Waals surface area contributed by atoms with Crippen molar-refractivity contribution in [2.45, 2.75) is 32.4 Å². The van der Waals surface area contributed by atoms with E-state index in [1.54, 1.807) is 12.1 Å². The maximum absolute atomic E-state index is 14.0. The number of nitrogens with one attached hydrogen (secondary N) is 1. The average molecular weight is 311 g/mol. The van der Waals surface area contributed by atoms with E-state index < -0.39 is 11.8 Å². The highest BCUT2D eigenvalue weighted by Gasteiger charge is 2.20. The van der Waals surface area contributed by atoms with Crippen LogP contribution < -0.4 is 5.32 Å². The van der Waals surface area contributed by atoms with Crippen molar-refractivity contribution in [1.82, 2.24) is 5.32 Å². The lowest BCUT2D eigenvalue weighted by Gasteiger charge is -2.15. The van der Waals surface area contributed by atoms with Crippen LogP contribution in [0.5, 0.6) is 0 Å². The molecular formula is C15H18FNO3S. The second kappa shape index (κ2) is 6.98. The number of aromatic carboxylic acids is 1. The Bertz CT molecular complexity index is 641. The van der Waals surface area contributed by atoms with Crippen molar-refractivity contribution in [1.29, 1.82) is 0 Å². The summed E-state index contributed by atoms with van der Waals surface area (Å²) in [5, 5.41) is 21.9. The Morgan fingerprint density at radius 1 is 1.48 bits per heavy atom. The van der Waals surface area contributed by atoms with Crippen LogP contribution in [0.1, 0.15) is 35.0 Å². The molecule has 1 atom stereocenters. The van der Waals surface area contributed by atoms with Gasteiger partial charge in [-0.25, -0.2) is 9.18 Å². The van der Waals surface area contributed by atoms with Crippen LogP contribution in [0.4, 0.5) is 4.39 Å². The van der Waals surface area contributed by atoms with Crippen molar-refractivity contribution in [3.63, 3.8) is 0 Å². The first-order chi connectivity index (χ1) is 10.1. The highest BCUT2D eigenvalue weighted by atomic mass is 32.1. The molecule has 2 aromatic rings. The summed E-state index contributed by atoms with van der Waals surface area (Å²) in [5.74, 6) is -1.44. The molecule has 0 saturated heterocycles. The zero-order valence-electron chi connectivity index (χ0n) is 11.7. The molecule has 3 N–H and O–H groups in total. The number of thiophene rings is 1. The Morgan fingerprint density at radius 3 is 2.86 bits per heavy atom. The lowest BCUT2D eigenvalue weighted by Crippen LogP contribution is -2.29. The first kappa shape index (κ1) is 15.9. The Kier molecular flexibility index (Phi) is 5.27. The lowest BCUT2D eigenvalue weighted by molar-refractivity contribution is 0.0701. The predicted molar refractivity (Wildman–Crippen MR) is 81.4 cm³/mol. The van der Waals surface area contributed by atoms with Crippen molar-refractivity contribution >= 4 is 27.4 Å². The smallest absolute Gasteiger partial charge is 0.346 e. The van der Waals surface area contributed by atoms with E-state index in [4.69, 9.17) is 5.11 Å². The van der Waals surface area contributed by atoms with Crippen molar-refractivity contribution in [2.75, 3.05) is 6.61 Å². The topological polar surface area (TPSA) is 69.6 Å². The molecule has 0 amide bonds. The van der Waals surface area contributed by atoms with E-state index in [1.165, 1.54) is 6.07 Å². The average Bonchev–Trinajstić information content (AvgIpc) is 2.84. The Labute approximate surface area is 126 Å². The lowest BCUT2D eigenvalue weighted by atomic mass is 10.1. The summed E-state index contributed by atoms with van der Waals surface area (Å²) < 4.78 is 14.7. The molecule has 1 unspecified atom stereocenters. The molecule has 0 spiro atoms. The standard InChI is InChI=1S/C15H18FNO3S/c1-2-9(6-7-18)17-8-10-13-11(16)4-3-5-12(13)21-14(10)15(19)20/h3-5,9,17-18H,2,6-8H2,1H3,(H,19,20). The van der Waals surface area contributed by atoms with E-state index in [2.05, 4.69) is 5.32 Å². The summed E-state index contributed by atoms with van der Waals surface area (Å²) in [6.45, 7) is 2.33. The molecule has 6 heteroatoms. The summed E-state index contributed by atoms with van der Waals surface area (Å²) in [6.07, 6.45) is 1.40. The number of aliphatic hydroxyl groups excluding tert-OH is 1. The molecule has 0 aliphatic rings. The highest BCUT2D eigenvalue weighted by molar-refractivity contribution is 7.21. The summed E-state index contributed by atoms with van der Waals surface area (Å²) in [4.78, 5) is 11.5. The maximum Gasteiger partial charge on any atom is 0.346 e. The van der Waals surface area contributed by atoms with Gasteiger partial charge in [-0.3, -0.25) is 0 Å². The predicted octanol–water partition coefficient (Wildman–Crippen LogP) is 2.99. The Hall–Kier alpha value is -1.50. The van der Waals surface area contributed by atoms with Gasteiger partial charge in [-0.15, -0.1) is 11.3 Å². The summed E-state index contributed by atoms with van der Waals surface area (Å²) in [6, 6.07) is 4.73. The summed E-state index contributed by atoms with van der Waals surface area (Å²) in [7, 11) is 0. The zero-order valence-corrected chi connectivity index (χ0v) is 12.5. The van der Waals surface area contributed by atoms with Gasteiger partial charge in [0.1, 0.15) is 10.7 Å². The number of fused-ring (bicyclic) bond motifs is 1. The zero-order chi connectivity index (χ0) is 15.4. The van der Waals surface area contributed by atoms with Gasteiger partial charge in [0.05, 0.1) is 0 Å². The molecule has 21 heavy (non-hydrogen) atoms. The van der Waals surface area contributed by atoms with E-state index in [-0.39, 0.29) is 24.1 Å². The van der Waals surface area contributed by atoms with Gasteiger partial charge in [0.2, 0.25) is 0 Å². The number of benzene rings is 1. The molecule has 0 saturated carbocycles. The highest BCUT2D eigenvalue weighted by Crippen LogP contribution is 2.33. The molecule has 114 valence electrons. The van der Waals surface area contributed by atoms with Crippen LogP contribution in [0.2, 0.25) is 0 Å². The molecule has 0 fully saturated rings. The number of carbonyl (C=O) groups is 1. The van der Waals surface area contributed by atoms with Crippen LogP contribution >= 0.6 is 11.3 Å². The molecule has 2 rings (SSSR count). The van der Waals surface area contributed by atoms with Crippen LogP contribution in [-0.4, -0.2) is 28.8 Å². The fourth-order valence-corrected chi connectivity index (χ4v) is 3.44. The third kappa shape index (κ3) is 3.40. The fourth-order valence-electron chi connectivity index (χ4n) is 2.36. The third-order valence-corrected chi connectivity index (χ3v) is 4.68. The van der Waals surface area contributed by atoms with Gasteiger partial charge < -0.3 is 15.5 Å². The Morgan fingerprint density at radius 2 is 2.24 bits per heavy atom. The fraction of sp³-hybridized carbons (Fsp3) is 0.400. The van der Waals surface area contributed by atoms with Gasteiger partial charge in [-0.2, -0.15) is 0 Å². The van der Waals surface area contributed by atoms with Gasteiger partial charge in [0.25, 0.3) is 0 Å². The van der Waals surface area contributed by atoms with Gasteiger partial charge in [0.15, 0.2) is 0 Å². The maximum atomic E-state index is 14.0. The van der Waals surface area contributed by atoms with Gasteiger partial charge >= 0.3 is 5.97 Å². The number of halogens is 1. The number of carboxylic acids is 1. The Balaban J connectivity index is 2.36. The molecule has 0 radical (unpaired) electrons. The number of hydrogen-bond acceptors (Lipinski definition) is 4. The number of hydrogen-bond donors (Lipinski definition) is 3. The van der Waals surface area contributed by atoms with Crippen LogP contribution in [-0.2, 0) is 6.54 Å². The molecule has 4 nitrogen and oxygen atoms in total. The monoisotopic (exact) mass is 311 g/mol. The molecular weight excluding hydrogens is 293 g/mol. The first-order valence-corrected chi connectivity index (χ1v) is 7.67. The van der Waals surface area contributed by atoms with E-state index >= 15 is 0 Å². The van der Waals surface area contributed by atoms with Crippen LogP contribution in [0.25, 0.3) is 10.1 Å². The summed E-state index contributed by atoms with van der Waals surface area (Å²) >= 11 is 1.09. The first-order valence-electron chi connectivity index (χ1n) is 6.85. The second-order valence-corrected chi connectivity index (χ2v) is 5.88.